The van der Waals surface area contributed by atoms with Crippen LogP contribution in [-0.2, 0) is 0 Å². The molecule has 0 saturated carbocycles. The Kier molecular flexibility index (Phi) is 2.65. The van der Waals surface area contributed by atoms with E-state index in [2.05, 4.69) is 15.2 Å². The number of nitrogens with zero attached hydrogens (tertiary/aromatic N) is 4. The molecule has 6 heteroatoms. The Morgan fingerprint density at radius 2 is 2.40 bits per heavy atom. The van der Waals surface area contributed by atoms with Crippen molar-refractivity contribution in [2.45, 2.75) is 17.2 Å². The molecule has 0 N–H and O–H groups in total. The summed E-state index contributed by atoms with van der Waals surface area (Å²) in [5.41, 5.74) is 1.26. The third-order valence-corrected chi connectivity index (χ3v) is 2.45. The van der Waals surface area contributed by atoms with E-state index in [-0.39, 0.29) is 0 Å². The largest absolute Gasteiger partial charge is 0.439 e. The van der Waals surface area contributed by atoms with Gasteiger partial charge in [-0.3, -0.25) is 0 Å². The highest BCUT2D eigenvalue weighted by Crippen LogP contribution is 2.26. The fourth-order valence-electron chi connectivity index (χ4n) is 0.941. The maximum atomic E-state index is 8.82. The maximum Gasteiger partial charge on any atom is 0.262 e. The zero-order chi connectivity index (χ0) is 10.7. The molecular formula is C9H6N4OS. The van der Waals surface area contributed by atoms with Gasteiger partial charge >= 0.3 is 0 Å². The molecule has 2 rings (SSSR count). The van der Waals surface area contributed by atoms with Crippen molar-refractivity contribution in [3.63, 3.8) is 0 Å². The standard InChI is InChI=1S/C9H6N4OS/c1-6-5-14-9(12-6)15-8-7(4-10)2-3-11-13-8/h2-3,5H,1H3. The van der Waals surface area contributed by atoms with Gasteiger partial charge in [-0.1, -0.05) is 0 Å². The van der Waals surface area contributed by atoms with E-state index < -0.39 is 0 Å². The fourth-order valence-corrected chi connectivity index (χ4v) is 1.70. The molecule has 0 atom stereocenters. The molecular weight excluding hydrogens is 212 g/mol. The summed E-state index contributed by atoms with van der Waals surface area (Å²) < 4.78 is 5.14. The lowest BCUT2D eigenvalue weighted by Gasteiger charge is -1.95. The Morgan fingerprint density at radius 3 is 3.07 bits per heavy atom. The van der Waals surface area contributed by atoms with Gasteiger partial charge in [-0.05, 0) is 24.8 Å². The van der Waals surface area contributed by atoms with Gasteiger partial charge in [0.1, 0.15) is 17.4 Å². The summed E-state index contributed by atoms with van der Waals surface area (Å²) in [5, 5.41) is 17.3. The number of hydrogen-bond donors (Lipinski definition) is 0. The van der Waals surface area contributed by atoms with Crippen LogP contribution < -0.4 is 0 Å². The van der Waals surface area contributed by atoms with Gasteiger partial charge in [0.25, 0.3) is 5.22 Å². The minimum absolute atomic E-state index is 0.463. The zero-order valence-electron chi connectivity index (χ0n) is 7.84. The van der Waals surface area contributed by atoms with Crippen molar-refractivity contribution in [1.82, 2.24) is 15.2 Å². The molecule has 0 aliphatic rings. The number of aryl methyl sites for hydroxylation is 1. The van der Waals surface area contributed by atoms with Crippen molar-refractivity contribution in [3.8, 4) is 6.07 Å². The minimum atomic E-state index is 0.463. The normalized spacial score (nSPS) is 9.87. The lowest BCUT2D eigenvalue weighted by Crippen LogP contribution is -1.88. The summed E-state index contributed by atoms with van der Waals surface area (Å²) in [6.45, 7) is 1.83. The summed E-state index contributed by atoms with van der Waals surface area (Å²) in [5.74, 6) is 0. The predicted octanol–water partition coefficient (Wildman–Crippen LogP) is 1.80. The monoisotopic (exact) mass is 218 g/mol. The highest BCUT2D eigenvalue weighted by molar-refractivity contribution is 7.99. The first-order chi connectivity index (χ1) is 7.29. The lowest BCUT2D eigenvalue weighted by molar-refractivity contribution is 0.453. The summed E-state index contributed by atoms with van der Waals surface area (Å²) in [7, 11) is 0. The Bertz CT molecular complexity index is 517. The van der Waals surface area contributed by atoms with Gasteiger partial charge in [-0.15, -0.1) is 5.10 Å². The van der Waals surface area contributed by atoms with Crippen LogP contribution in [0.15, 0.2) is 33.2 Å². The third kappa shape index (κ3) is 2.14. The summed E-state index contributed by atoms with van der Waals surface area (Å²) in [6, 6.07) is 3.63. The van der Waals surface area contributed by atoms with E-state index in [1.54, 1.807) is 12.3 Å². The van der Waals surface area contributed by atoms with Crippen LogP contribution in [0.1, 0.15) is 11.3 Å². The van der Waals surface area contributed by atoms with E-state index in [1.807, 2.05) is 13.0 Å². The minimum Gasteiger partial charge on any atom is -0.439 e. The first-order valence-electron chi connectivity index (χ1n) is 4.11. The second kappa shape index (κ2) is 4.11. The second-order valence-electron chi connectivity index (χ2n) is 2.72. The van der Waals surface area contributed by atoms with Gasteiger partial charge < -0.3 is 4.42 Å². The van der Waals surface area contributed by atoms with Crippen molar-refractivity contribution in [1.29, 1.82) is 5.26 Å². The highest BCUT2D eigenvalue weighted by Gasteiger charge is 2.09. The summed E-state index contributed by atoms with van der Waals surface area (Å²) in [6.07, 6.45) is 3.02. The molecule has 0 aliphatic heterocycles. The summed E-state index contributed by atoms with van der Waals surface area (Å²) in [4.78, 5) is 4.10. The predicted molar refractivity (Wildman–Crippen MR) is 52.1 cm³/mol. The Labute approximate surface area is 90.2 Å². The molecule has 0 radical (unpaired) electrons. The molecule has 2 heterocycles. The van der Waals surface area contributed by atoms with E-state index >= 15 is 0 Å². The van der Waals surface area contributed by atoms with Crippen molar-refractivity contribution in [2.24, 2.45) is 0 Å². The quantitative estimate of drug-likeness (QED) is 0.765. The lowest BCUT2D eigenvalue weighted by atomic mass is 10.3. The molecule has 5 nitrogen and oxygen atoms in total. The second-order valence-corrected chi connectivity index (χ2v) is 3.66. The average molecular weight is 218 g/mol. The Balaban J connectivity index is 2.28. The Hall–Kier alpha value is -1.87. The Morgan fingerprint density at radius 1 is 1.53 bits per heavy atom. The van der Waals surface area contributed by atoms with E-state index in [0.717, 1.165) is 5.69 Å². The number of nitriles is 1. The molecule has 2 aromatic heterocycles. The van der Waals surface area contributed by atoms with Crippen LogP contribution in [0.3, 0.4) is 0 Å². The van der Waals surface area contributed by atoms with Crippen molar-refractivity contribution in [3.05, 3.63) is 29.8 Å². The van der Waals surface area contributed by atoms with E-state index in [9.17, 15) is 0 Å². The SMILES string of the molecule is Cc1coc(Sc2nnccc2C#N)n1. The topological polar surface area (TPSA) is 75.6 Å². The molecule has 0 amide bonds. The van der Waals surface area contributed by atoms with Crippen molar-refractivity contribution >= 4 is 11.8 Å². The molecule has 0 fully saturated rings. The van der Waals surface area contributed by atoms with Crippen LogP contribution in [-0.4, -0.2) is 15.2 Å². The molecule has 0 aromatic carbocycles. The zero-order valence-corrected chi connectivity index (χ0v) is 8.65. The molecule has 2 aromatic rings. The van der Waals surface area contributed by atoms with Gasteiger partial charge in [0, 0.05) is 0 Å². The van der Waals surface area contributed by atoms with Gasteiger partial charge in [0.2, 0.25) is 0 Å². The van der Waals surface area contributed by atoms with Gasteiger partial charge in [0.05, 0.1) is 17.5 Å². The molecule has 0 aliphatic carbocycles. The van der Waals surface area contributed by atoms with Gasteiger partial charge in [-0.2, -0.15) is 10.4 Å². The first kappa shape index (κ1) is 9.68. The first-order valence-corrected chi connectivity index (χ1v) is 4.93. The van der Waals surface area contributed by atoms with Crippen LogP contribution in [0.25, 0.3) is 0 Å². The summed E-state index contributed by atoms with van der Waals surface area (Å²) >= 11 is 1.19. The van der Waals surface area contributed by atoms with E-state index in [1.165, 1.54) is 18.0 Å². The molecule has 0 bridgehead atoms. The molecule has 15 heavy (non-hydrogen) atoms. The number of oxazole rings is 1. The molecule has 0 spiro atoms. The van der Waals surface area contributed by atoms with E-state index in [0.29, 0.717) is 15.8 Å². The number of aromatic nitrogens is 3. The van der Waals surface area contributed by atoms with Crippen LogP contribution in [0.4, 0.5) is 0 Å². The average Bonchev–Trinajstić information content (AvgIpc) is 2.65. The van der Waals surface area contributed by atoms with Crippen molar-refractivity contribution in [2.75, 3.05) is 0 Å². The van der Waals surface area contributed by atoms with Gasteiger partial charge in [0.15, 0.2) is 0 Å². The van der Waals surface area contributed by atoms with Crippen molar-refractivity contribution < 1.29 is 4.42 Å². The number of hydrogen-bond acceptors (Lipinski definition) is 6. The maximum absolute atomic E-state index is 8.82. The van der Waals surface area contributed by atoms with Crippen LogP contribution in [0, 0.1) is 18.3 Å². The van der Waals surface area contributed by atoms with Gasteiger partial charge in [-0.25, -0.2) is 4.98 Å². The van der Waals surface area contributed by atoms with Crippen LogP contribution in [0.2, 0.25) is 0 Å². The smallest absolute Gasteiger partial charge is 0.262 e. The fraction of sp³-hybridized carbons (Fsp3) is 0.111. The molecule has 0 saturated heterocycles. The molecule has 0 unspecified atom stereocenters. The van der Waals surface area contributed by atoms with Crippen LogP contribution in [0.5, 0.6) is 0 Å². The van der Waals surface area contributed by atoms with E-state index in [4.69, 9.17) is 9.68 Å². The number of rotatable bonds is 2. The molecule has 74 valence electrons. The third-order valence-electron chi connectivity index (χ3n) is 1.59. The highest BCUT2D eigenvalue weighted by atomic mass is 32.2. The van der Waals surface area contributed by atoms with Crippen LogP contribution >= 0.6 is 11.8 Å².